The van der Waals surface area contributed by atoms with Crippen LogP contribution in [0.4, 0.5) is 0 Å². The zero-order valence-corrected chi connectivity index (χ0v) is 38.2. The predicted octanol–water partition coefficient (Wildman–Crippen LogP) is 18.1. The van der Waals surface area contributed by atoms with E-state index in [1.807, 2.05) is 47.7 Å². The number of benzene rings is 10. The number of aromatic nitrogens is 3. The van der Waals surface area contributed by atoms with Crippen LogP contribution >= 0.6 is 11.3 Å². The van der Waals surface area contributed by atoms with Crippen LogP contribution in [0.5, 0.6) is 0 Å². The Morgan fingerprint density at radius 2 is 0.900 bits per heavy atom. The van der Waals surface area contributed by atoms with Gasteiger partial charge in [0, 0.05) is 74.9 Å². The number of hydrogen-bond acceptors (Lipinski definition) is 5. The van der Waals surface area contributed by atoms with Crippen LogP contribution in [0.25, 0.3) is 148 Å². The minimum atomic E-state index is 0.625. The van der Waals surface area contributed by atoms with Crippen molar-refractivity contribution in [3.63, 3.8) is 0 Å². The summed E-state index contributed by atoms with van der Waals surface area (Å²) in [6.45, 7) is 0. The van der Waals surface area contributed by atoms with Crippen molar-refractivity contribution in [3.8, 4) is 61.8 Å². The van der Waals surface area contributed by atoms with Crippen LogP contribution in [0, 0.1) is 0 Å². The van der Waals surface area contributed by atoms with E-state index < -0.39 is 0 Å². The maximum Gasteiger partial charge on any atom is 0.160 e. The Balaban J connectivity index is 0.844. The van der Waals surface area contributed by atoms with Crippen molar-refractivity contribution in [2.75, 3.05) is 0 Å². The predicted molar refractivity (Wildman–Crippen MR) is 291 cm³/mol. The van der Waals surface area contributed by atoms with Gasteiger partial charge in [0.05, 0.1) is 22.4 Å². The SMILES string of the molecule is c1ccc(-c2cc(-c3cccc4oc5ccc(-c6ccc7sc8ccc(-c9ccc%10c(c9)c9ccccc9n%10-c9ccccc9)cc8c7c6)cc5c34)nc(-c3ccc4c(c3)oc3ccccc34)n2)cc1. The van der Waals surface area contributed by atoms with Gasteiger partial charge in [0.1, 0.15) is 22.3 Å². The third-order valence-corrected chi connectivity index (χ3v) is 15.2. The van der Waals surface area contributed by atoms with Gasteiger partial charge in [0.2, 0.25) is 0 Å². The molecule has 5 aromatic heterocycles. The van der Waals surface area contributed by atoms with Crippen LogP contribution in [-0.4, -0.2) is 14.5 Å². The molecule has 0 radical (unpaired) electrons. The maximum atomic E-state index is 6.60. The lowest BCUT2D eigenvalue weighted by Crippen LogP contribution is -1.96. The molecule has 0 N–H and O–H groups in total. The molecule has 10 aromatic carbocycles. The van der Waals surface area contributed by atoms with E-state index in [4.69, 9.17) is 18.8 Å². The normalized spacial score (nSPS) is 12.0. The third-order valence-electron chi connectivity index (χ3n) is 14.0. The Labute approximate surface area is 404 Å². The third kappa shape index (κ3) is 6.10. The fraction of sp³-hybridized carbons (Fsp3) is 0. The second kappa shape index (κ2) is 15.2. The number of fused-ring (bicyclic) bond motifs is 12. The van der Waals surface area contributed by atoms with E-state index in [0.717, 1.165) is 88.8 Å². The van der Waals surface area contributed by atoms with Crippen molar-refractivity contribution in [1.82, 2.24) is 14.5 Å². The first-order valence-corrected chi connectivity index (χ1v) is 24.3. The number of hydrogen-bond donors (Lipinski definition) is 0. The first kappa shape index (κ1) is 38.9. The summed E-state index contributed by atoms with van der Waals surface area (Å²) in [6, 6.07) is 79.7. The molecule has 5 heterocycles. The molecule has 0 aliphatic heterocycles. The zero-order chi connectivity index (χ0) is 45.9. The number of rotatable bonds is 6. The molecule has 6 heteroatoms. The van der Waals surface area contributed by atoms with Crippen molar-refractivity contribution < 1.29 is 8.83 Å². The first-order chi connectivity index (χ1) is 34.6. The van der Waals surface area contributed by atoms with Gasteiger partial charge in [-0.2, -0.15) is 0 Å². The average Bonchev–Trinajstić information content (AvgIpc) is 4.19. The van der Waals surface area contributed by atoms with Gasteiger partial charge < -0.3 is 13.4 Å². The van der Waals surface area contributed by atoms with E-state index in [1.165, 1.54) is 53.1 Å². The summed E-state index contributed by atoms with van der Waals surface area (Å²) in [6.07, 6.45) is 0. The van der Waals surface area contributed by atoms with E-state index in [9.17, 15) is 0 Å². The molecule has 0 unspecified atom stereocenters. The maximum absolute atomic E-state index is 6.60. The highest BCUT2D eigenvalue weighted by atomic mass is 32.1. The Kier molecular flexibility index (Phi) is 8.46. The lowest BCUT2D eigenvalue weighted by atomic mass is 9.97. The Bertz CT molecular complexity index is 4600. The summed E-state index contributed by atoms with van der Waals surface area (Å²) in [5, 5.41) is 9.23. The van der Waals surface area contributed by atoms with Crippen molar-refractivity contribution in [2.24, 2.45) is 0 Å². The van der Waals surface area contributed by atoms with Crippen LogP contribution < -0.4 is 0 Å². The van der Waals surface area contributed by atoms with E-state index in [1.54, 1.807) is 0 Å². The molecule has 0 bridgehead atoms. The van der Waals surface area contributed by atoms with E-state index in [-0.39, 0.29) is 0 Å². The van der Waals surface area contributed by atoms with Crippen molar-refractivity contribution in [3.05, 3.63) is 224 Å². The molecule has 5 nitrogen and oxygen atoms in total. The van der Waals surface area contributed by atoms with Gasteiger partial charge in [-0.15, -0.1) is 11.3 Å². The topological polar surface area (TPSA) is 57.0 Å². The first-order valence-electron chi connectivity index (χ1n) is 23.5. The standard InChI is InChI=1S/C64H37N3O2S/c1-3-12-38(13-4-1)53-37-54(66-64(65-53)43-22-27-47-46-17-8-10-20-57(46)69-60(47)36-43)48-18-11-21-59-63(48)52-35-40(24-29-58(52)68-59)42-26-31-62-51(34-42)50-33-41(25-30-61(50)70-62)39-23-28-56-49(32-39)45-16-7-9-19-55(45)67(56)44-14-5-2-6-15-44/h1-37H. The average molecular weight is 912 g/mol. The molecule has 0 atom stereocenters. The molecular weight excluding hydrogens is 875 g/mol. The highest BCUT2D eigenvalue weighted by molar-refractivity contribution is 7.25. The summed E-state index contributed by atoms with van der Waals surface area (Å²) in [5.74, 6) is 0.625. The molecular formula is C64H37N3O2S. The van der Waals surface area contributed by atoms with Crippen molar-refractivity contribution in [2.45, 2.75) is 0 Å². The van der Waals surface area contributed by atoms with E-state index in [2.05, 4.69) is 193 Å². The second-order valence-electron chi connectivity index (χ2n) is 18.1. The van der Waals surface area contributed by atoms with Gasteiger partial charge in [-0.1, -0.05) is 127 Å². The molecule has 15 rings (SSSR count). The van der Waals surface area contributed by atoms with Crippen LogP contribution in [0.1, 0.15) is 0 Å². The zero-order valence-electron chi connectivity index (χ0n) is 37.4. The van der Waals surface area contributed by atoms with E-state index in [0.29, 0.717) is 5.82 Å². The molecule has 0 saturated carbocycles. The van der Waals surface area contributed by atoms with Gasteiger partial charge in [-0.3, -0.25) is 0 Å². The fourth-order valence-corrected chi connectivity index (χ4v) is 11.8. The Morgan fingerprint density at radius 1 is 0.329 bits per heavy atom. The summed E-state index contributed by atoms with van der Waals surface area (Å²) in [7, 11) is 0. The van der Waals surface area contributed by atoms with Gasteiger partial charge in [-0.25, -0.2) is 9.97 Å². The summed E-state index contributed by atoms with van der Waals surface area (Å²) >= 11 is 1.84. The summed E-state index contributed by atoms with van der Waals surface area (Å²) in [4.78, 5) is 10.5. The molecule has 0 spiro atoms. The fourth-order valence-electron chi connectivity index (χ4n) is 10.7. The van der Waals surface area contributed by atoms with Crippen molar-refractivity contribution >= 4 is 97.2 Å². The molecule has 15 aromatic rings. The minimum absolute atomic E-state index is 0.625. The van der Waals surface area contributed by atoms with Crippen LogP contribution in [-0.2, 0) is 0 Å². The number of thiophene rings is 1. The number of furan rings is 2. The highest BCUT2D eigenvalue weighted by Gasteiger charge is 2.20. The summed E-state index contributed by atoms with van der Waals surface area (Å²) in [5.41, 5.74) is 16.1. The van der Waals surface area contributed by atoms with Gasteiger partial charge >= 0.3 is 0 Å². The molecule has 70 heavy (non-hydrogen) atoms. The molecule has 0 aliphatic carbocycles. The Morgan fingerprint density at radius 3 is 1.70 bits per heavy atom. The smallest absolute Gasteiger partial charge is 0.160 e. The molecule has 326 valence electrons. The monoisotopic (exact) mass is 911 g/mol. The lowest BCUT2D eigenvalue weighted by molar-refractivity contribution is 0.668. The van der Waals surface area contributed by atoms with E-state index >= 15 is 0 Å². The summed E-state index contributed by atoms with van der Waals surface area (Å²) < 4.78 is 17.8. The number of para-hydroxylation sites is 3. The molecule has 0 amide bonds. The van der Waals surface area contributed by atoms with Crippen LogP contribution in [0.15, 0.2) is 233 Å². The number of nitrogens with zero attached hydrogens (tertiary/aromatic N) is 3. The van der Waals surface area contributed by atoms with Gasteiger partial charge in [0.15, 0.2) is 5.82 Å². The Hall–Kier alpha value is -9.10. The highest BCUT2D eigenvalue weighted by Crippen LogP contribution is 2.43. The largest absolute Gasteiger partial charge is 0.456 e. The lowest BCUT2D eigenvalue weighted by Gasteiger charge is -2.10. The second-order valence-corrected chi connectivity index (χ2v) is 19.2. The minimum Gasteiger partial charge on any atom is -0.456 e. The van der Waals surface area contributed by atoms with Crippen LogP contribution in [0.3, 0.4) is 0 Å². The van der Waals surface area contributed by atoms with Crippen LogP contribution in [0.2, 0.25) is 0 Å². The molecule has 0 saturated heterocycles. The molecule has 0 aliphatic rings. The molecule has 0 fully saturated rings. The van der Waals surface area contributed by atoms with Gasteiger partial charge in [0.25, 0.3) is 0 Å². The van der Waals surface area contributed by atoms with Gasteiger partial charge in [-0.05, 0) is 119 Å². The van der Waals surface area contributed by atoms with Crippen molar-refractivity contribution in [1.29, 1.82) is 0 Å². The quantitative estimate of drug-likeness (QED) is 0.167.